The number of aliphatic carboxylic acids is 1. The lowest BCUT2D eigenvalue weighted by Crippen LogP contribution is -2.52. The molecule has 1 fully saturated rings. The molecule has 4 rings (SSSR count). The number of aromatic amines is 1. The van der Waals surface area contributed by atoms with Crippen LogP contribution >= 0.6 is 0 Å². The summed E-state index contributed by atoms with van der Waals surface area (Å²) < 4.78 is 51.2. The zero-order valence-corrected chi connectivity index (χ0v) is 19.2. The van der Waals surface area contributed by atoms with Crippen molar-refractivity contribution in [2.24, 2.45) is 0 Å². The Morgan fingerprint density at radius 2 is 1.78 bits per heavy atom. The van der Waals surface area contributed by atoms with Crippen LogP contribution in [-0.2, 0) is 9.59 Å². The number of carboxylic acid groups (broad SMARTS) is 1. The summed E-state index contributed by atoms with van der Waals surface area (Å²) in [5.41, 5.74) is 2.64. The van der Waals surface area contributed by atoms with Crippen LogP contribution in [0.5, 0.6) is 11.5 Å². The maximum Gasteiger partial charge on any atom is 0.490 e. The number of hydrogen-bond acceptors (Lipinski definition) is 6. The van der Waals surface area contributed by atoms with Crippen molar-refractivity contribution in [1.29, 1.82) is 0 Å². The number of carboxylic acids is 1. The molecular formula is C24H23F4N3O6. The van der Waals surface area contributed by atoms with E-state index in [9.17, 15) is 32.6 Å². The van der Waals surface area contributed by atoms with Crippen molar-refractivity contribution in [3.63, 3.8) is 0 Å². The summed E-state index contributed by atoms with van der Waals surface area (Å²) in [7, 11) is 0. The number of phenols is 1. The second kappa shape index (κ2) is 11.3. The molecule has 0 unspecified atom stereocenters. The number of hydrogen-bond donors (Lipinski definition) is 4. The number of halogens is 4. The van der Waals surface area contributed by atoms with Crippen LogP contribution in [0.25, 0.3) is 22.0 Å². The molecule has 37 heavy (non-hydrogen) atoms. The standard InChI is InChI=1S/C22H22FN3O4.C2HF3O2/c1-13(23)22(29)26(6-7-27)16-10-18(11-16)30-21-9-15(8-20-19(21)12-24-25-20)14-2-4-17(28)5-3-14;3-2(4,5)1(6)7/h2-5,8-9,12,16,18,27-28H,1,6-7,10-11H2,(H,24,25);(H,6,7). The lowest BCUT2D eigenvalue weighted by molar-refractivity contribution is -0.192. The topological polar surface area (TPSA) is 136 Å². The van der Waals surface area contributed by atoms with E-state index in [0.29, 0.717) is 18.6 Å². The lowest BCUT2D eigenvalue weighted by Gasteiger charge is -2.42. The predicted molar refractivity (Wildman–Crippen MR) is 123 cm³/mol. The summed E-state index contributed by atoms with van der Waals surface area (Å²) in [6.07, 6.45) is -2.48. The van der Waals surface area contributed by atoms with Gasteiger partial charge in [-0.25, -0.2) is 9.18 Å². The quantitative estimate of drug-likeness (QED) is 0.272. The first-order chi connectivity index (χ1) is 17.4. The highest BCUT2D eigenvalue weighted by atomic mass is 19.4. The first kappa shape index (κ1) is 27.5. The van der Waals surface area contributed by atoms with E-state index in [1.165, 1.54) is 4.90 Å². The Bertz CT molecular complexity index is 1270. The first-order valence-electron chi connectivity index (χ1n) is 10.9. The molecule has 0 atom stereocenters. The van der Waals surface area contributed by atoms with Gasteiger partial charge in [-0.3, -0.25) is 9.89 Å². The van der Waals surface area contributed by atoms with Gasteiger partial charge in [-0.05, 0) is 35.4 Å². The number of alkyl halides is 3. The van der Waals surface area contributed by atoms with E-state index >= 15 is 0 Å². The molecular weight excluding hydrogens is 502 g/mol. The van der Waals surface area contributed by atoms with Gasteiger partial charge in [0.25, 0.3) is 5.91 Å². The van der Waals surface area contributed by atoms with Gasteiger partial charge in [0.15, 0.2) is 5.83 Å². The first-order valence-corrected chi connectivity index (χ1v) is 10.9. The third-order valence-corrected chi connectivity index (χ3v) is 5.60. The van der Waals surface area contributed by atoms with E-state index in [1.54, 1.807) is 18.3 Å². The molecule has 0 saturated heterocycles. The smallest absolute Gasteiger partial charge is 0.490 e. The van der Waals surface area contributed by atoms with Crippen LogP contribution in [0.1, 0.15) is 12.8 Å². The number of aliphatic hydroxyl groups excluding tert-OH is 1. The molecule has 13 heteroatoms. The number of nitrogens with one attached hydrogen (secondary N) is 1. The summed E-state index contributed by atoms with van der Waals surface area (Å²) >= 11 is 0. The summed E-state index contributed by atoms with van der Waals surface area (Å²) in [5, 5.41) is 33.7. The van der Waals surface area contributed by atoms with Gasteiger partial charge < -0.3 is 25.0 Å². The summed E-state index contributed by atoms with van der Waals surface area (Å²) in [6, 6.07) is 10.5. The average Bonchev–Trinajstić information content (AvgIpc) is 3.28. The van der Waals surface area contributed by atoms with Crippen LogP contribution in [0.2, 0.25) is 0 Å². The minimum atomic E-state index is -5.08. The van der Waals surface area contributed by atoms with Gasteiger partial charge >= 0.3 is 12.1 Å². The summed E-state index contributed by atoms with van der Waals surface area (Å²) in [5.74, 6) is -3.74. The van der Waals surface area contributed by atoms with Crippen molar-refractivity contribution in [3.8, 4) is 22.6 Å². The van der Waals surface area contributed by atoms with Crippen molar-refractivity contribution in [2.75, 3.05) is 13.2 Å². The lowest BCUT2D eigenvalue weighted by atomic mass is 9.87. The molecule has 1 heterocycles. The fraction of sp³-hybridized carbons (Fsp3) is 0.292. The predicted octanol–water partition coefficient (Wildman–Crippen LogP) is 3.78. The van der Waals surface area contributed by atoms with Crippen LogP contribution in [0, 0.1) is 0 Å². The average molecular weight is 525 g/mol. The number of rotatable bonds is 7. The van der Waals surface area contributed by atoms with Gasteiger partial charge in [-0.1, -0.05) is 18.7 Å². The Balaban J connectivity index is 0.000000479. The maximum atomic E-state index is 13.3. The van der Waals surface area contributed by atoms with E-state index in [4.69, 9.17) is 14.6 Å². The van der Waals surface area contributed by atoms with Gasteiger partial charge in [-0.2, -0.15) is 18.3 Å². The molecule has 1 saturated carbocycles. The van der Waals surface area contributed by atoms with E-state index in [1.807, 2.05) is 24.3 Å². The Morgan fingerprint density at radius 3 is 2.32 bits per heavy atom. The molecule has 1 aliphatic rings. The van der Waals surface area contributed by atoms with E-state index < -0.39 is 23.9 Å². The number of ether oxygens (including phenoxy) is 1. The van der Waals surface area contributed by atoms with Crippen molar-refractivity contribution in [1.82, 2.24) is 15.1 Å². The van der Waals surface area contributed by atoms with Crippen molar-refractivity contribution < 1.29 is 47.2 Å². The molecule has 0 aliphatic heterocycles. The Kier molecular flexibility index (Phi) is 8.38. The second-order valence-corrected chi connectivity index (χ2v) is 8.15. The van der Waals surface area contributed by atoms with Gasteiger partial charge in [0, 0.05) is 25.4 Å². The zero-order valence-electron chi connectivity index (χ0n) is 19.2. The molecule has 9 nitrogen and oxygen atoms in total. The number of aromatic hydroxyl groups is 1. The van der Waals surface area contributed by atoms with Gasteiger partial charge in [0.1, 0.15) is 17.6 Å². The zero-order chi connectivity index (χ0) is 27.3. The molecule has 3 aromatic rings. The van der Waals surface area contributed by atoms with Gasteiger partial charge in [0.2, 0.25) is 0 Å². The number of aromatic nitrogens is 2. The molecule has 4 N–H and O–H groups in total. The molecule has 1 aromatic heterocycles. The third kappa shape index (κ3) is 6.76. The van der Waals surface area contributed by atoms with Crippen molar-refractivity contribution >= 4 is 22.8 Å². The third-order valence-electron chi connectivity index (χ3n) is 5.60. The molecule has 0 spiro atoms. The number of amides is 1. The highest BCUT2D eigenvalue weighted by Gasteiger charge is 2.39. The van der Waals surface area contributed by atoms with Crippen LogP contribution in [-0.4, -0.2) is 73.8 Å². The Hall–Kier alpha value is -4.13. The normalized spacial score (nSPS) is 16.8. The number of benzene rings is 2. The number of aliphatic hydroxyl groups is 1. The fourth-order valence-corrected chi connectivity index (χ4v) is 3.72. The summed E-state index contributed by atoms with van der Waals surface area (Å²) in [6.45, 7) is 2.87. The molecule has 1 amide bonds. The monoisotopic (exact) mass is 525 g/mol. The number of carbonyl (C=O) groups is 2. The molecule has 0 bridgehead atoms. The van der Waals surface area contributed by atoms with Crippen LogP contribution < -0.4 is 4.74 Å². The highest BCUT2D eigenvalue weighted by Crippen LogP contribution is 2.36. The number of H-pyrrole nitrogens is 1. The number of phenolic OH excluding ortho intramolecular Hbond substituents is 1. The maximum absolute atomic E-state index is 13.3. The van der Waals surface area contributed by atoms with Crippen LogP contribution in [0.3, 0.4) is 0 Å². The fourth-order valence-electron chi connectivity index (χ4n) is 3.72. The van der Waals surface area contributed by atoms with Crippen LogP contribution in [0.4, 0.5) is 17.6 Å². The van der Waals surface area contributed by atoms with E-state index in [0.717, 1.165) is 22.0 Å². The summed E-state index contributed by atoms with van der Waals surface area (Å²) in [4.78, 5) is 22.2. The molecule has 198 valence electrons. The van der Waals surface area contributed by atoms with Gasteiger partial charge in [-0.15, -0.1) is 0 Å². The Labute approximate surface area is 207 Å². The minimum absolute atomic E-state index is 0.0570. The molecule has 1 aliphatic carbocycles. The van der Waals surface area contributed by atoms with Crippen LogP contribution in [0.15, 0.2) is 55.0 Å². The highest BCUT2D eigenvalue weighted by molar-refractivity contribution is 5.91. The van der Waals surface area contributed by atoms with Gasteiger partial charge in [0.05, 0.1) is 23.7 Å². The van der Waals surface area contributed by atoms with Crippen molar-refractivity contribution in [2.45, 2.75) is 31.2 Å². The van der Waals surface area contributed by atoms with Crippen molar-refractivity contribution in [3.05, 3.63) is 55.0 Å². The molecule has 0 radical (unpaired) electrons. The molecule has 2 aromatic carbocycles. The van der Waals surface area contributed by atoms with E-state index in [2.05, 4.69) is 16.8 Å². The largest absolute Gasteiger partial charge is 0.508 e. The number of nitrogens with zero attached hydrogens (tertiary/aromatic N) is 2. The number of fused-ring (bicyclic) bond motifs is 1. The van der Waals surface area contributed by atoms with E-state index in [-0.39, 0.29) is 31.0 Å². The Morgan fingerprint density at radius 1 is 1.16 bits per heavy atom. The number of carbonyl (C=O) groups excluding carboxylic acids is 1. The second-order valence-electron chi connectivity index (χ2n) is 8.15. The SMILES string of the molecule is C=C(F)C(=O)N(CCO)C1CC(Oc2cc(-c3ccc(O)cc3)cc3[nH]ncc23)C1.O=C(O)C(F)(F)F. The minimum Gasteiger partial charge on any atom is -0.508 e.